The number of halogens is 3. The minimum absolute atomic E-state index is 0.299. The van der Waals surface area contributed by atoms with E-state index >= 15 is 0 Å². The van der Waals surface area contributed by atoms with Gasteiger partial charge in [0.25, 0.3) is 0 Å². The summed E-state index contributed by atoms with van der Waals surface area (Å²) in [5, 5.41) is 2.95. The second kappa shape index (κ2) is 5.10. The number of rotatable bonds is 2. The third-order valence-corrected chi connectivity index (χ3v) is 3.39. The molecule has 0 aliphatic rings. The van der Waals surface area contributed by atoms with Crippen molar-refractivity contribution >= 4 is 37.7 Å². The van der Waals surface area contributed by atoms with Gasteiger partial charge in [-0.15, -0.1) is 0 Å². The maximum absolute atomic E-state index is 13.0. The van der Waals surface area contributed by atoms with Crippen LogP contribution in [0.15, 0.2) is 33.3 Å². The van der Waals surface area contributed by atoms with Crippen molar-refractivity contribution in [1.29, 1.82) is 0 Å². The number of aromatic nitrogens is 2. The fraction of sp³-hybridized carbons (Fsp3) is 0.0909. The van der Waals surface area contributed by atoms with Gasteiger partial charge in [0.05, 0.1) is 4.47 Å². The molecule has 0 spiro atoms. The Morgan fingerprint density at radius 1 is 1.24 bits per heavy atom. The minimum atomic E-state index is -0.299. The lowest BCUT2D eigenvalue weighted by Gasteiger charge is -2.07. The van der Waals surface area contributed by atoms with Gasteiger partial charge >= 0.3 is 0 Å². The summed E-state index contributed by atoms with van der Waals surface area (Å²) in [6.45, 7) is 0. The largest absolute Gasteiger partial charge is 0.372 e. The molecule has 0 atom stereocenters. The Bertz CT molecular complexity index is 560. The first-order valence-corrected chi connectivity index (χ1v) is 6.36. The highest BCUT2D eigenvalue weighted by atomic mass is 79.9. The molecule has 0 unspecified atom stereocenters. The van der Waals surface area contributed by atoms with E-state index in [-0.39, 0.29) is 5.82 Å². The molecule has 88 valence electrons. The molecule has 0 radical (unpaired) electrons. The standard InChI is InChI=1S/C11H8Br2FN3/c1-15-11-9(13)5-16-10(17-11)7-3-2-6(14)4-8(7)12/h2-5H,1H3,(H,15,16,17). The van der Waals surface area contributed by atoms with Crippen molar-refractivity contribution in [3.8, 4) is 11.4 Å². The van der Waals surface area contributed by atoms with Gasteiger partial charge in [-0.2, -0.15) is 0 Å². The van der Waals surface area contributed by atoms with Gasteiger partial charge < -0.3 is 5.32 Å². The number of nitrogens with zero attached hydrogens (tertiary/aromatic N) is 2. The fourth-order valence-electron chi connectivity index (χ4n) is 1.34. The molecule has 1 N–H and O–H groups in total. The summed E-state index contributed by atoms with van der Waals surface area (Å²) in [6.07, 6.45) is 1.66. The van der Waals surface area contributed by atoms with E-state index in [1.165, 1.54) is 12.1 Å². The quantitative estimate of drug-likeness (QED) is 0.883. The fourth-order valence-corrected chi connectivity index (χ4v) is 2.26. The van der Waals surface area contributed by atoms with E-state index < -0.39 is 0 Å². The number of hydrogen-bond donors (Lipinski definition) is 1. The van der Waals surface area contributed by atoms with Crippen LogP contribution >= 0.6 is 31.9 Å². The van der Waals surface area contributed by atoms with Crippen LogP contribution in [0, 0.1) is 5.82 Å². The molecule has 2 rings (SSSR count). The first-order valence-electron chi connectivity index (χ1n) is 4.77. The van der Waals surface area contributed by atoms with E-state index in [0.29, 0.717) is 16.1 Å². The zero-order chi connectivity index (χ0) is 12.4. The SMILES string of the molecule is CNc1nc(-c2ccc(F)cc2Br)ncc1Br. The van der Waals surface area contributed by atoms with Gasteiger partial charge in [-0.3, -0.25) is 0 Å². The summed E-state index contributed by atoms with van der Waals surface area (Å²) in [4.78, 5) is 8.53. The van der Waals surface area contributed by atoms with Crippen molar-refractivity contribution in [2.24, 2.45) is 0 Å². The molecule has 0 amide bonds. The molecule has 17 heavy (non-hydrogen) atoms. The maximum atomic E-state index is 13.0. The first-order chi connectivity index (χ1) is 8.11. The van der Waals surface area contributed by atoms with E-state index in [9.17, 15) is 4.39 Å². The van der Waals surface area contributed by atoms with Gasteiger partial charge in [-0.1, -0.05) is 0 Å². The minimum Gasteiger partial charge on any atom is -0.372 e. The van der Waals surface area contributed by atoms with E-state index in [4.69, 9.17) is 0 Å². The van der Waals surface area contributed by atoms with Gasteiger partial charge in [-0.05, 0) is 50.1 Å². The van der Waals surface area contributed by atoms with Crippen LogP contribution in [0.2, 0.25) is 0 Å². The molecule has 0 saturated carbocycles. The van der Waals surface area contributed by atoms with Crippen LogP contribution in [0.1, 0.15) is 0 Å². The van der Waals surface area contributed by atoms with E-state index in [2.05, 4.69) is 47.1 Å². The maximum Gasteiger partial charge on any atom is 0.162 e. The van der Waals surface area contributed by atoms with Crippen molar-refractivity contribution < 1.29 is 4.39 Å². The molecule has 6 heteroatoms. The topological polar surface area (TPSA) is 37.8 Å². The smallest absolute Gasteiger partial charge is 0.162 e. The molecule has 0 fully saturated rings. The van der Waals surface area contributed by atoms with Gasteiger partial charge in [-0.25, -0.2) is 14.4 Å². The van der Waals surface area contributed by atoms with Crippen LogP contribution in [0.3, 0.4) is 0 Å². The van der Waals surface area contributed by atoms with Gasteiger partial charge in [0.1, 0.15) is 11.6 Å². The molecule has 1 heterocycles. The lowest BCUT2D eigenvalue weighted by Crippen LogP contribution is -1.98. The normalized spacial score (nSPS) is 10.4. The summed E-state index contributed by atoms with van der Waals surface area (Å²) >= 11 is 6.63. The molecule has 0 aliphatic heterocycles. The van der Waals surface area contributed by atoms with Gasteiger partial charge in [0.15, 0.2) is 5.82 Å². The number of anilines is 1. The molecule has 0 bridgehead atoms. The monoisotopic (exact) mass is 359 g/mol. The van der Waals surface area contributed by atoms with Crippen LogP contribution < -0.4 is 5.32 Å². The summed E-state index contributed by atoms with van der Waals surface area (Å²) in [5.74, 6) is 0.919. The van der Waals surface area contributed by atoms with E-state index in [1.54, 1.807) is 19.3 Å². The van der Waals surface area contributed by atoms with Crippen molar-refractivity contribution in [3.05, 3.63) is 39.2 Å². The number of nitrogens with one attached hydrogen (secondary N) is 1. The average molecular weight is 361 g/mol. The van der Waals surface area contributed by atoms with Crippen molar-refractivity contribution in [1.82, 2.24) is 9.97 Å². The van der Waals surface area contributed by atoms with Crippen LogP contribution in [-0.4, -0.2) is 17.0 Å². The lowest BCUT2D eigenvalue weighted by molar-refractivity contribution is 0.627. The third kappa shape index (κ3) is 2.63. The van der Waals surface area contributed by atoms with Crippen LogP contribution in [0.25, 0.3) is 11.4 Å². The second-order valence-electron chi connectivity index (χ2n) is 3.26. The highest BCUT2D eigenvalue weighted by Gasteiger charge is 2.09. The lowest BCUT2D eigenvalue weighted by atomic mass is 10.2. The summed E-state index contributed by atoms with van der Waals surface area (Å²) in [6, 6.07) is 4.41. The van der Waals surface area contributed by atoms with Crippen LogP contribution in [0.4, 0.5) is 10.2 Å². The Morgan fingerprint density at radius 3 is 2.65 bits per heavy atom. The highest BCUT2D eigenvalue weighted by Crippen LogP contribution is 2.28. The Balaban J connectivity index is 2.53. The predicted octanol–water partition coefficient (Wildman–Crippen LogP) is 3.85. The molecule has 3 nitrogen and oxygen atoms in total. The van der Waals surface area contributed by atoms with Gasteiger partial charge in [0, 0.05) is 23.3 Å². The molecule has 0 aliphatic carbocycles. The Morgan fingerprint density at radius 2 is 2.00 bits per heavy atom. The molecular formula is C11H8Br2FN3. The van der Waals surface area contributed by atoms with Crippen molar-refractivity contribution in [3.63, 3.8) is 0 Å². The zero-order valence-electron chi connectivity index (χ0n) is 8.84. The first kappa shape index (κ1) is 12.4. The van der Waals surface area contributed by atoms with E-state index in [1.807, 2.05) is 0 Å². The van der Waals surface area contributed by atoms with Crippen LogP contribution in [0.5, 0.6) is 0 Å². The molecule has 1 aromatic heterocycles. The summed E-state index contributed by atoms with van der Waals surface area (Å²) < 4.78 is 14.4. The zero-order valence-corrected chi connectivity index (χ0v) is 12.0. The molecular weight excluding hydrogens is 353 g/mol. The van der Waals surface area contributed by atoms with Gasteiger partial charge in [0.2, 0.25) is 0 Å². The third-order valence-electron chi connectivity index (χ3n) is 2.15. The molecule has 1 aromatic carbocycles. The summed E-state index contributed by atoms with van der Waals surface area (Å²) in [5.41, 5.74) is 0.746. The number of benzene rings is 1. The highest BCUT2D eigenvalue weighted by molar-refractivity contribution is 9.11. The van der Waals surface area contributed by atoms with E-state index in [0.717, 1.165) is 10.0 Å². The molecule has 2 aromatic rings. The average Bonchev–Trinajstić information content (AvgIpc) is 2.30. The van der Waals surface area contributed by atoms with Crippen molar-refractivity contribution in [2.75, 3.05) is 12.4 Å². The summed E-state index contributed by atoms with van der Waals surface area (Å²) in [7, 11) is 1.77. The second-order valence-corrected chi connectivity index (χ2v) is 4.97. The Labute approximate surface area is 115 Å². The Hall–Kier alpha value is -1.01. The molecule has 0 saturated heterocycles. The predicted molar refractivity (Wildman–Crippen MR) is 72.4 cm³/mol. The number of hydrogen-bond acceptors (Lipinski definition) is 3. The van der Waals surface area contributed by atoms with Crippen molar-refractivity contribution in [2.45, 2.75) is 0 Å². The van der Waals surface area contributed by atoms with Crippen LogP contribution in [-0.2, 0) is 0 Å². The Kier molecular flexibility index (Phi) is 3.73.